The molecule has 1 saturated heterocycles. The van der Waals surface area contributed by atoms with Crippen molar-refractivity contribution in [2.45, 2.75) is 31.7 Å². The van der Waals surface area contributed by atoms with Gasteiger partial charge in [-0.15, -0.1) is 0 Å². The minimum Gasteiger partial charge on any atom is -0.379 e. The highest BCUT2D eigenvalue weighted by Crippen LogP contribution is 2.40. The van der Waals surface area contributed by atoms with Gasteiger partial charge in [-0.05, 0) is 42.2 Å². The van der Waals surface area contributed by atoms with E-state index in [4.69, 9.17) is 9.72 Å². The van der Waals surface area contributed by atoms with Gasteiger partial charge in [-0.2, -0.15) is 5.10 Å². The van der Waals surface area contributed by atoms with Crippen molar-refractivity contribution in [3.63, 3.8) is 0 Å². The topological polar surface area (TPSA) is 53.9 Å². The molecule has 0 atom stereocenters. The quantitative estimate of drug-likeness (QED) is 0.620. The van der Waals surface area contributed by atoms with Crippen molar-refractivity contribution < 1.29 is 4.74 Å². The number of hydrogen-bond donors (Lipinski definition) is 0. The number of rotatable bonds is 4. The Balaban J connectivity index is 1.23. The molecule has 1 fully saturated rings. The van der Waals surface area contributed by atoms with E-state index in [1.165, 1.54) is 27.9 Å². The van der Waals surface area contributed by atoms with Crippen LogP contribution in [-0.4, -0.2) is 54.0 Å². The molecule has 3 aliphatic rings. The van der Waals surface area contributed by atoms with E-state index in [-0.39, 0.29) is 5.41 Å². The van der Waals surface area contributed by atoms with Gasteiger partial charge in [-0.3, -0.25) is 5.01 Å². The Labute approximate surface area is 194 Å². The summed E-state index contributed by atoms with van der Waals surface area (Å²) < 4.78 is 5.69. The fraction of sp³-hybridized carbons (Fsp3) is 0.370. The highest BCUT2D eigenvalue weighted by Gasteiger charge is 2.42. The predicted octanol–water partition coefficient (Wildman–Crippen LogP) is 3.70. The molecule has 2 aromatic carbocycles. The Morgan fingerprint density at radius 2 is 1.64 bits per heavy atom. The zero-order valence-corrected chi connectivity index (χ0v) is 19.3. The molecule has 0 unspecified atom stereocenters. The van der Waals surface area contributed by atoms with E-state index in [0.717, 1.165) is 62.9 Å². The molecule has 0 bridgehead atoms. The van der Waals surface area contributed by atoms with Crippen LogP contribution in [0.2, 0.25) is 0 Å². The Morgan fingerprint density at radius 3 is 2.27 bits per heavy atom. The number of aryl methyl sites for hydroxylation is 1. The first-order valence-corrected chi connectivity index (χ1v) is 11.7. The van der Waals surface area contributed by atoms with Gasteiger partial charge in [0.05, 0.1) is 30.9 Å². The summed E-state index contributed by atoms with van der Waals surface area (Å²) in [6, 6.07) is 18.0. The van der Waals surface area contributed by atoms with Crippen LogP contribution < -0.4 is 4.90 Å². The third-order valence-electron chi connectivity index (χ3n) is 7.25. The average molecular weight is 440 g/mol. The van der Waals surface area contributed by atoms with Crippen LogP contribution in [0, 0.1) is 6.92 Å². The van der Waals surface area contributed by atoms with E-state index in [1.807, 2.05) is 18.3 Å². The van der Waals surface area contributed by atoms with E-state index in [0.29, 0.717) is 0 Å². The molecule has 6 rings (SSSR count). The van der Waals surface area contributed by atoms with Crippen LogP contribution in [0.4, 0.5) is 5.69 Å². The molecule has 0 aliphatic carbocycles. The Morgan fingerprint density at radius 1 is 0.909 bits per heavy atom. The Kier molecular flexibility index (Phi) is 4.91. The van der Waals surface area contributed by atoms with Crippen molar-refractivity contribution in [2.24, 2.45) is 5.10 Å². The zero-order chi connectivity index (χ0) is 22.4. The van der Waals surface area contributed by atoms with Crippen molar-refractivity contribution in [3.05, 3.63) is 88.5 Å². The summed E-state index contributed by atoms with van der Waals surface area (Å²) >= 11 is 0. The Bertz CT molecular complexity index is 1200. The number of aromatic nitrogens is 2. The van der Waals surface area contributed by atoms with Crippen molar-refractivity contribution in [2.75, 3.05) is 38.3 Å². The van der Waals surface area contributed by atoms with E-state index < -0.39 is 0 Å². The van der Waals surface area contributed by atoms with Gasteiger partial charge in [0.2, 0.25) is 0 Å². The fourth-order valence-electron chi connectivity index (χ4n) is 5.06. The molecule has 0 spiro atoms. The maximum absolute atomic E-state index is 5.69. The van der Waals surface area contributed by atoms with E-state index in [9.17, 15) is 0 Å². The van der Waals surface area contributed by atoms with E-state index in [1.54, 1.807) is 0 Å². The molecule has 3 aromatic rings. The smallest absolute Gasteiger partial charge is 0.176 e. The number of fused-ring (bicyclic) bond motifs is 1. The first kappa shape index (κ1) is 20.4. The molecular formula is C27H29N5O. The molecule has 33 heavy (non-hydrogen) atoms. The predicted molar refractivity (Wildman–Crippen MR) is 130 cm³/mol. The van der Waals surface area contributed by atoms with Crippen molar-refractivity contribution in [1.82, 2.24) is 15.0 Å². The summed E-state index contributed by atoms with van der Waals surface area (Å²) in [5.41, 5.74) is 8.52. The molecule has 0 N–H and O–H groups in total. The van der Waals surface area contributed by atoms with Gasteiger partial charge in [0.15, 0.2) is 5.82 Å². The maximum Gasteiger partial charge on any atom is 0.176 e. The molecule has 0 amide bonds. The molecule has 6 heteroatoms. The number of hydrogen-bond acceptors (Lipinski definition) is 6. The lowest BCUT2D eigenvalue weighted by Gasteiger charge is -2.43. The van der Waals surface area contributed by atoms with Gasteiger partial charge >= 0.3 is 0 Å². The third-order valence-corrected chi connectivity index (χ3v) is 7.25. The van der Waals surface area contributed by atoms with Gasteiger partial charge in [-0.1, -0.05) is 42.0 Å². The average Bonchev–Trinajstić information content (AvgIpc) is 3.26. The number of hydrazone groups is 1. The van der Waals surface area contributed by atoms with Gasteiger partial charge in [-0.25, -0.2) is 9.97 Å². The lowest BCUT2D eigenvalue weighted by Crippen LogP contribution is -2.47. The first-order valence-electron chi connectivity index (χ1n) is 11.7. The summed E-state index contributed by atoms with van der Waals surface area (Å²) in [6.45, 7) is 6.33. The largest absolute Gasteiger partial charge is 0.379 e. The highest BCUT2D eigenvalue weighted by molar-refractivity contribution is 5.98. The molecule has 168 valence electrons. The maximum atomic E-state index is 5.69. The number of ether oxygens (including phenoxy) is 1. The van der Waals surface area contributed by atoms with Crippen molar-refractivity contribution in [3.8, 4) is 0 Å². The number of nitrogens with zero attached hydrogens (tertiary/aromatic N) is 5. The van der Waals surface area contributed by atoms with Crippen LogP contribution in [-0.2, 0) is 23.1 Å². The molecule has 6 nitrogen and oxygen atoms in total. The number of anilines is 1. The van der Waals surface area contributed by atoms with Crippen LogP contribution in [0.5, 0.6) is 0 Å². The highest BCUT2D eigenvalue weighted by atomic mass is 16.5. The van der Waals surface area contributed by atoms with Crippen molar-refractivity contribution in [1.29, 1.82) is 0 Å². The second-order valence-corrected chi connectivity index (χ2v) is 9.50. The molecule has 4 heterocycles. The molecule has 0 saturated carbocycles. The van der Waals surface area contributed by atoms with Crippen LogP contribution in [0.15, 0.2) is 59.8 Å². The van der Waals surface area contributed by atoms with Crippen molar-refractivity contribution >= 4 is 11.4 Å². The summed E-state index contributed by atoms with van der Waals surface area (Å²) in [6.07, 6.45) is 3.87. The molecule has 1 aromatic heterocycles. The molecule has 0 radical (unpaired) electrons. The third kappa shape index (κ3) is 3.59. The van der Waals surface area contributed by atoms with Gasteiger partial charge in [0.25, 0.3) is 0 Å². The van der Waals surface area contributed by atoms with Gasteiger partial charge in [0.1, 0.15) is 5.71 Å². The minimum atomic E-state index is -0.0297. The van der Waals surface area contributed by atoms with E-state index in [2.05, 4.69) is 70.4 Å². The van der Waals surface area contributed by atoms with Crippen LogP contribution in [0.25, 0.3) is 0 Å². The van der Waals surface area contributed by atoms with Crippen LogP contribution in [0.1, 0.15) is 40.2 Å². The zero-order valence-electron chi connectivity index (χ0n) is 19.3. The monoisotopic (exact) mass is 439 g/mol. The molecular weight excluding hydrogens is 410 g/mol. The number of benzene rings is 2. The summed E-state index contributed by atoms with van der Waals surface area (Å²) in [5.74, 6) is 0.778. The van der Waals surface area contributed by atoms with E-state index >= 15 is 0 Å². The summed E-state index contributed by atoms with van der Waals surface area (Å²) in [5, 5.41) is 6.52. The molecule has 3 aliphatic heterocycles. The second kappa shape index (κ2) is 7.96. The van der Waals surface area contributed by atoms with Crippen LogP contribution >= 0.6 is 0 Å². The van der Waals surface area contributed by atoms with Crippen LogP contribution in [0.3, 0.4) is 0 Å². The minimum absolute atomic E-state index is 0.0297. The lowest BCUT2D eigenvalue weighted by molar-refractivity contribution is -0.0379. The normalized spacial score (nSPS) is 19.2. The fourth-order valence-corrected chi connectivity index (χ4v) is 5.06. The second-order valence-electron chi connectivity index (χ2n) is 9.50. The summed E-state index contributed by atoms with van der Waals surface area (Å²) in [7, 11) is 2.00. The summed E-state index contributed by atoms with van der Waals surface area (Å²) in [4.78, 5) is 11.9. The Hall–Kier alpha value is -3.25. The first-order chi connectivity index (χ1) is 16.1. The van der Waals surface area contributed by atoms with Gasteiger partial charge < -0.3 is 9.64 Å². The van der Waals surface area contributed by atoms with Gasteiger partial charge in [0, 0.05) is 38.4 Å². The lowest BCUT2D eigenvalue weighted by atomic mass is 9.73. The SMILES string of the molecule is Cc1ccc(C2(c3ccc(N4CCc5cnc(C6=NN(C)CC6)nc5C4)cc3)COC2)cc1. The standard InChI is InChI=1S/C27H29N5O/c1-19-3-5-21(6-4-19)27(17-33-18-27)22-7-9-23(10-8-22)32-14-11-20-15-28-26(29-25(20)16-32)24-12-13-31(2)30-24/h3-10,15H,11-14,16-18H2,1-2H3.